The Bertz CT molecular complexity index is 643. The molecule has 0 fully saturated rings. The number of amides is 1. The van der Waals surface area contributed by atoms with Gasteiger partial charge in [-0.15, -0.1) is 0 Å². The van der Waals surface area contributed by atoms with Crippen molar-refractivity contribution in [1.29, 1.82) is 0 Å². The summed E-state index contributed by atoms with van der Waals surface area (Å²) in [4.78, 5) is 11.8. The van der Waals surface area contributed by atoms with E-state index in [1.54, 1.807) is 31.2 Å². The third-order valence-electron chi connectivity index (χ3n) is 3.12. The molecular weight excluding hydrogens is 264 g/mol. The molecule has 0 unspecified atom stereocenters. The van der Waals surface area contributed by atoms with E-state index < -0.39 is 0 Å². The van der Waals surface area contributed by atoms with E-state index in [2.05, 4.69) is 10.5 Å². The van der Waals surface area contributed by atoms with Crippen LogP contribution in [0.3, 0.4) is 0 Å². The minimum atomic E-state index is -0.156. The van der Waals surface area contributed by atoms with E-state index in [1.807, 2.05) is 31.2 Å². The molecular formula is C17H18N2O2. The fourth-order valence-electron chi connectivity index (χ4n) is 1.84. The Balaban J connectivity index is 1.94. The van der Waals surface area contributed by atoms with Crippen LogP contribution in [0, 0.1) is 6.92 Å². The summed E-state index contributed by atoms with van der Waals surface area (Å²) in [6.07, 6.45) is 0.298. The maximum atomic E-state index is 11.8. The molecule has 4 heteroatoms. The molecule has 0 radical (unpaired) electrons. The molecule has 0 heterocycles. The number of nitrogens with one attached hydrogen (secondary N) is 1. The predicted octanol–water partition coefficient (Wildman–Crippen LogP) is 2.78. The van der Waals surface area contributed by atoms with Crippen LogP contribution in [0.15, 0.2) is 53.6 Å². The lowest BCUT2D eigenvalue weighted by Gasteiger charge is -2.04. The third kappa shape index (κ3) is 4.45. The second kappa shape index (κ2) is 6.70. The zero-order valence-electron chi connectivity index (χ0n) is 12.1. The van der Waals surface area contributed by atoms with Gasteiger partial charge in [0.25, 0.3) is 0 Å². The minimum Gasteiger partial charge on any atom is -0.508 e. The molecule has 4 nitrogen and oxygen atoms in total. The first-order valence-electron chi connectivity index (χ1n) is 6.72. The van der Waals surface area contributed by atoms with Crippen molar-refractivity contribution in [3.05, 3.63) is 65.2 Å². The second-order valence-corrected chi connectivity index (χ2v) is 4.94. The summed E-state index contributed by atoms with van der Waals surface area (Å²) < 4.78 is 0. The van der Waals surface area contributed by atoms with Crippen LogP contribution in [0.2, 0.25) is 0 Å². The summed E-state index contributed by atoms with van der Waals surface area (Å²) in [6, 6.07) is 14.5. The highest BCUT2D eigenvalue weighted by molar-refractivity contribution is 5.99. The van der Waals surface area contributed by atoms with Crippen LogP contribution >= 0.6 is 0 Å². The van der Waals surface area contributed by atoms with Crippen LogP contribution in [-0.2, 0) is 11.2 Å². The quantitative estimate of drug-likeness (QED) is 0.669. The molecule has 0 aromatic heterocycles. The number of phenolic OH excluding ortho intramolecular Hbond substituents is 1. The first-order chi connectivity index (χ1) is 10.0. The van der Waals surface area contributed by atoms with Gasteiger partial charge in [0.2, 0.25) is 5.91 Å². The van der Waals surface area contributed by atoms with Gasteiger partial charge in [-0.1, -0.05) is 29.8 Å². The van der Waals surface area contributed by atoms with Crippen molar-refractivity contribution in [1.82, 2.24) is 5.43 Å². The molecule has 0 atom stereocenters. The average Bonchev–Trinajstić information content (AvgIpc) is 2.48. The van der Waals surface area contributed by atoms with Gasteiger partial charge in [-0.25, -0.2) is 5.43 Å². The molecule has 2 N–H and O–H groups in total. The fraction of sp³-hybridized carbons (Fsp3) is 0.176. The van der Waals surface area contributed by atoms with Crippen LogP contribution in [0.5, 0.6) is 5.75 Å². The number of rotatable bonds is 4. The minimum absolute atomic E-state index is 0.156. The van der Waals surface area contributed by atoms with Crippen molar-refractivity contribution in [2.24, 2.45) is 5.10 Å². The van der Waals surface area contributed by atoms with Gasteiger partial charge in [0.05, 0.1) is 12.1 Å². The highest BCUT2D eigenvalue weighted by atomic mass is 16.3. The van der Waals surface area contributed by atoms with Gasteiger partial charge < -0.3 is 5.11 Å². The first-order valence-corrected chi connectivity index (χ1v) is 6.72. The normalized spacial score (nSPS) is 11.2. The van der Waals surface area contributed by atoms with E-state index >= 15 is 0 Å². The van der Waals surface area contributed by atoms with Crippen molar-refractivity contribution < 1.29 is 9.90 Å². The summed E-state index contributed by atoms with van der Waals surface area (Å²) >= 11 is 0. The fourth-order valence-corrected chi connectivity index (χ4v) is 1.84. The molecule has 2 rings (SSSR count). The Morgan fingerprint density at radius 2 is 1.71 bits per heavy atom. The van der Waals surface area contributed by atoms with E-state index in [4.69, 9.17) is 0 Å². The van der Waals surface area contributed by atoms with Gasteiger partial charge in [-0.2, -0.15) is 5.10 Å². The highest BCUT2D eigenvalue weighted by Crippen LogP contribution is 2.10. The largest absolute Gasteiger partial charge is 0.508 e. The van der Waals surface area contributed by atoms with E-state index in [9.17, 15) is 9.90 Å². The topological polar surface area (TPSA) is 61.7 Å². The molecule has 108 valence electrons. The molecule has 0 saturated heterocycles. The highest BCUT2D eigenvalue weighted by Gasteiger charge is 2.03. The van der Waals surface area contributed by atoms with Crippen LogP contribution in [0.25, 0.3) is 0 Å². The van der Waals surface area contributed by atoms with E-state index in [0.29, 0.717) is 12.1 Å². The number of nitrogens with zero attached hydrogens (tertiary/aromatic N) is 1. The van der Waals surface area contributed by atoms with Crippen LogP contribution in [0.1, 0.15) is 23.6 Å². The third-order valence-corrected chi connectivity index (χ3v) is 3.12. The zero-order chi connectivity index (χ0) is 15.2. The van der Waals surface area contributed by atoms with Gasteiger partial charge in [0, 0.05) is 0 Å². The molecule has 2 aromatic rings. The average molecular weight is 282 g/mol. The monoisotopic (exact) mass is 282 g/mol. The number of carbonyl (C=O) groups excluding carboxylic acids is 1. The zero-order valence-corrected chi connectivity index (χ0v) is 12.1. The Kier molecular flexibility index (Phi) is 4.72. The number of aromatic hydroxyl groups is 1. The Hall–Kier alpha value is -2.62. The Labute approximate surface area is 124 Å². The number of phenols is 1. The molecule has 0 bridgehead atoms. The van der Waals surface area contributed by atoms with Gasteiger partial charge in [0.1, 0.15) is 5.75 Å². The van der Waals surface area contributed by atoms with E-state index in [1.165, 1.54) is 5.56 Å². The number of carbonyl (C=O) groups is 1. The SMILES string of the molecule is C/C(=N\NC(=O)Cc1ccc(C)cc1)c1ccc(O)cc1. The summed E-state index contributed by atoms with van der Waals surface area (Å²) in [5.41, 5.74) is 6.20. The number of hydrogen-bond donors (Lipinski definition) is 2. The number of aryl methyl sites for hydroxylation is 1. The molecule has 21 heavy (non-hydrogen) atoms. The molecule has 0 aliphatic heterocycles. The first kappa shape index (κ1) is 14.8. The Morgan fingerprint density at radius 1 is 1.10 bits per heavy atom. The van der Waals surface area contributed by atoms with Gasteiger partial charge in [0.15, 0.2) is 0 Å². The van der Waals surface area contributed by atoms with Crippen molar-refractivity contribution in [3.8, 4) is 5.75 Å². The van der Waals surface area contributed by atoms with Crippen molar-refractivity contribution in [3.63, 3.8) is 0 Å². The van der Waals surface area contributed by atoms with Crippen molar-refractivity contribution >= 4 is 11.6 Å². The van der Waals surface area contributed by atoms with Crippen molar-refractivity contribution in [2.45, 2.75) is 20.3 Å². The number of benzene rings is 2. The van der Waals surface area contributed by atoms with E-state index in [-0.39, 0.29) is 11.7 Å². The number of hydrogen-bond acceptors (Lipinski definition) is 3. The summed E-state index contributed by atoms with van der Waals surface area (Å²) in [5.74, 6) is 0.0481. The maximum Gasteiger partial charge on any atom is 0.244 e. The van der Waals surface area contributed by atoms with Crippen molar-refractivity contribution in [2.75, 3.05) is 0 Å². The van der Waals surface area contributed by atoms with E-state index in [0.717, 1.165) is 11.1 Å². The van der Waals surface area contributed by atoms with Gasteiger partial charge in [-0.05, 0) is 49.2 Å². The predicted molar refractivity (Wildman–Crippen MR) is 83.3 cm³/mol. The molecule has 1 amide bonds. The lowest BCUT2D eigenvalue weighted by Crippen LogP contribution is -2.21. The summed E-state index contributed by atoms with van der Waals surface area (Å²) in [7, 11) is 0. The molecule has 0 spiro atoms. The van der Waals surface area contributed by atoms with Gasteiger partial charge >= 0.3 is 0 Å². The lowest BCUT2D eigenvalue weighted by molar-refractivity contribution is -0.120. The summed E-state index contributed by atoms with van der Waals surface area (Å²) in [6.45, 7) is 3.81. The Morgan fingerprint density at radius 3 is 2.33 bits per heavy atom. The second-order valence-electron chi connectivity index (χ2n) is 4.94. The maximum absolute atomic E-state index is 11.8. The number of hydrazone groups is 1. The molecule has 0 aliphatic rings. The molecule has 2 aromatic carbocycles. The summed E-state index contributed by atoms with van der Waals surface area (Å²) in [5, 5.41) is 13.3. The molecule has 0 saturated carbocycles. The van der Waals surface area contributed by atoms with Crippen LogP contribution in [0.4, 0.5) is 0 Å². The van der Waals surface area contributed by atoms with Crippen LogP contribution < -0.4 is 5.43 Å². The smallest absolute Gasteiger partial charge is 0.244 e. The standard InChI is InChI=1S/C17H18N2O2/c1-12-3-5-14(6-4-12)11-17(21)19-18-13(2)15-7-9-16(20)10-8-15/h3-10,20H,11H2,1-2H3,(H,19,21)/b18-13+. The molecule has 0 aliphatic carbocycles. The van der Waals surface area contributed by atoms with Gasteiger partial charge in [-0.3, -0.25) is 4.79 Å². The van der Waals surface area contributed by atoms with Crippen LogP contribution in [-0.4, -0.2) is 16.7 Å². The lowest BCUT2D eigenvalue weighted by atomic mass is 10.1.